The molecule has 2 N–H and O–H groups in total. The van der Waals surface area contributed by atoms with Gasteiger partial charge in [-0.25, -0.2) is 0 Å². The van der Waals surface area contributed by atoms with Crippen molar-refractivity contribution in [3.63, 3.8) is 0 Å². The van der Waals surface area contributed by atoms with Crippen LogP contribution in [0, 0.1) is 0 Å². The predicted octanol–water partition coefficient (Wildman–Crippen LogP) is 0.941. The smallest absolute Gasteiger partial charge is 0.255 e. The molecule has 0 bridgehead atoms. The quantitative estimate of drug-likeness (QED) is 0.854. The van der Waals surface area contributed by atoms with Crippen LogP contribution in [0.2, 0.25) is 0 Å². The molecular weight excluding hydrogens is 336 g/mol. The molecule has 1 fully saturated rings. The first kappa shape index (κ1) is 16.4. The summed E-state index contributed by atoms with van der Waals surface area (Å²) in [4.78, 5) is 24.8. The van der Waals surface area contributed by atoms with Gasteiger partial charge in [-0.05, 0) is 24.6 Å². The van der Waals surface area contributed by atoms with E-state index in [0.717, 1.165) is 5.69 Å². The van der Waals surface area contributed by atoms with Crippen LogP contribution in [0.25, 0.3) is 0 Å². The Bertz CT molecular complexity index is 847. The van der Waals surface area contributed by atoms with Crippen LogP contribution < -0.4 is 20.1 Å². The summed E-state index contributed by atoms with van der Waals surface area (Å²) in [5.41, 5.74) is 1.28. The van der Waals surface area contributed by atoms with Crippen molar-refractivity contribution in [2.24, 2.45) is 7.05 Å². The van der Waals surface area contributed by atoms with Crippen molar-refractivity contribution in [2.45, 2.75) is 24.9 Å². The van der Waals surface area contributed by atoms with Crippen LogP contribution >= 0.6 is 0 Å². The number of benzene rings is 1. The lowest BCUT2D eigenvalue weighted by molar-refractivity contribution is -0.123. The molecule has 4 rings (SSSR count). The summed E-state index contributed by atoms with van der Waals surface area (Å²) in [6.45, 7) is 0.879. The standard InChI is InChI=1S/C18H20N4O4/c1-22-13(7-8-19-22)16-12(5-6-15(23)21-16)20-18(24)11-3-2-4-14-17(11)26-10-9-25-14/h2-4,7-8,12,16H,5-6,9-10H2,1H3,(H,20,24)(H,21,23)/t12-,16-/m1/s1. The Morgan fingerprint density at radius 1 is 1.31 bits per heavy atom. The number of amides is 2. The van der Waals surface area contributed by atoms with Crippen LogP contribution in [0.1, 0.15) is 34.9 Å². The van der Waals surface area contributed by atoms with E-state index in [0.29, 0.717) is 43.1 Å². The lowest BCUT2D eigenvalue weighted by Gasteiger charge is -2.33. The van der Waals surface area contributed by atoms with Gasteiger partial charge in [-0.2, -0.15) is 5.10 Å². The minimum absolute atomic E-state index is 0.0319. The van der Waals surface area contributed by atoms with Gasteiger partial charge in [-0.1, -0.05) is 6.07 Å². The van der Waals surface area contributed by atoms with E-state index in [2.05, 4.69) is 15.7 Å². The van der Waals surface area contributed by atoms with Gasteiger partial charge in [0.25, 0.3) is 5.91 Å². The largest absolute Gasteiger partial charge is 0.486 e. The van der Waals surface area contributed by atoms with Crippen LogP contribution in [-0.4, -0.2) is 40.9 Å². The highest BCUT2D eigenvalue weighted by Crippen LogP contribution is 2.34. The minimum Gasteiger partial charge on any atom is -0.486 e. The number of fused-ring (bicyclic) bond motifs is 1. The Kier molecular flexibility index (Phi) is 4.24. The van der Waals surface area contributed by atoms with Crippen LogP contribution in [0.4, 0.5) is 0 Å². The number of rotatable bonds is 3. The number of aryl methyl sites for hydroxylation is 1. The summed E-state index contributed by atoms with van der Waals surface area (Å²) in [5.74, 6) is 0.758. The first-order chi connectivity index (χ1) is 12.6. The number of hydrogen-bond acceptors (Lipinski definition) is 5. The zero-order valence-electron chi connectivity index (χ0n) is 14.4. The fraction of sp³-hybridized carbons (Fsp3) is 0.389. The van der Waals surface area contributed by atoms with Crippen molar-refractivity contribution in [2.75, 3.05) is 13.2 Å². The molecule has 2 aliphatic heterocycles. The van der Waals surface area contributed by atoms with Gasteiger partial charge in [0.1, 0.15) is 13.2 Å². The lowest BCUT2D eigenvalue weighted by atomic mass is 9.94. The van der Waals surface area contributed by atoms with E-state index in [9.17, 15) is 9.59 Å². The van der Waals surface area contributed by atoms with Gasteiger partial charge >= 0.3 is 0 Å². The molecule has 0 spiro atoms. The Hall–Kier alpha value is -3.03. The molecule has 26 heavy (non-hydrogen) atoms. The van der Waals surface area contributed by atoms with E-state index in [4.69, 9.17) is 9.47 Å². The second kappa shape index (κ2) is 6.70. The summed E-state index contributed by atoms with van der Waals surface area (Å²) in [6.07, 6.45) is 2.60. The van der Waals surface area contributed by atoms with Gasteiger partial charge in [0.15, 0.2) is 11.5 Å². The van der Waals surface area contributed by atoms with Crippen molar-refractivity contribution in [1.29, 1.82) is 0 Å². The molecule has 2 aliphatic rings. The molecule has 0 radical (unpaired) electrons. The van der Waals surface area contributed by atoms with E-state index in [1.807, 2.05) is 13.1 Å². The molecule has 136 valence electrons. The molecule has 2 aromatic rings. The van der Waals surface area contributed by atoms with Crippen molar-refractivity contribution >= 4 is 11.8 Å². The highest BCUT2D eigenvalue weighted by Gasteiger charge is 2.33. The zero-order valence-corrected chi connectivity index (χ0v) is 14.4. The van der Waals surface area contributed by atoms with Gasteiger partial charge in [0.2, 0.25) is 5.91 Å². The topological polar surface area (TPSA) is 94.5 Å². The molecule has 1 saturated heterocycles. The average Bonchev–Trinajstić information content (AvgIpc) is 3.08. The molecule has 0 aliphatic carbocycles. The number of aromatic nitrogens is 2. The Morgan fingerprint density at radius 2 is 2.15 bits per heavy atom. The van der Waals surface area contributed by atoms with Gasteiger partial charge < -0.3 is 20.1 Å². The Morgan fingerprint density at radius 3 is 2.96 bits per heavy atom. The van der Waals surface area contributed by atoms with Crippen molar-refractivity contribution in [3.8, 4) is 11.5 Å². The maximum atomic E-state index is 12.9. The van der Waals surface area contributed by atoms with Crippen molar-refractivity contribution in [3.05, 3.63) is 41.7 Å². The van der Waals surface area contributed by atoms with Gasteiger partial charge in [0.05, 0.1) is 23.3 Å². The number of carbonyl (C=O) groups excluding carboxylic acids is 2. The molecule has 8 nitrogen and oxygen atoms in total. The number of hydrogen-bond donors (Lipinski definition) is 2. The van der Waals surface area contributed by atoms with Gasteiger partial charge in [0, 0.05) is 19.7 Å². The molecule has 1 aromatic carbocycles. The normalized spacial score (nSPS) is 21.8. The summed E-state index contributed by atoms with van der Waals surface area (Å²) in [6, 6.07) is 6.54. The Balaban J connectivity index is 1.58. The molecule has 1 aromatic heterocycles. The zero-order chi connectivity index (χ0) is 18.1. The van der Waals surface area contributed by atoms with E-state index in [1.165, 1.54) is 0 Å². The number of para-hydroxylation sites is 1. The number of nitrogens with zero attached hydrogens (tertiary/aromatic N) is 2. The average molecular weight is 356 g/mol. The van der Waals surface area contributed by atoms with Crippen LogP contribution in [-0.2, 0) is 11.8 Å². The molecule has 3 heterocycles. The minimum atomic E-state index is -0.329. The number of ether oxygens (including phenoxy) is 2. The summed E-state index contributed by atoms with van der Waals surface area (Å²) >= 11 is 0. The maximum Gasteiger partial charge on any atom is 0.255 e. The SMILES string of the molecule is Cn1nccc1[C@@H]1NC(=O)CC[C@H]1NC(=O)c1cccc2c1OCCO2. The van der Waals surface area contributed by atoms with E-state index in [1.54, 1.807) is 29.1 Å². The van der Waals surface area contributed by atoms with Crippen LogP contribution in [0.5, 0.6) is 11.5 Å². The van der Waals surface area contributed by atoms with E-state index < -0.39 is 0 Å². The summed E-state index contributed by atoms with van der Waals surface area (Å²) in [5, 5.41) is 10.2. The third-order valence-electron chi connectivity index (χ3n) is 4.71. The maximum absolute atomic E-state index is 12.9. The number of nitrogens with one attached hydrogen (secondary N) is 2. The Labute approximate surface area is 150 Å². The van der Waals surface area contributed by atoms with E-state index >= 15 is 0 Å². The highest BCUT2D eigenvalue weighted by atomic mass is 16.6. The van der Waals surface area contributed by atoms with E-state index in [-0.39, 0.29) is 23.9 Å². The fourth-order valence-corrected chi connectivity index (χ4v) is 3.42. The fourth-order valence-electron chi connectivity index (χ4n) is 3.42. The third kappa shape index (κ3) is 2.98. The molecule has 2 amide bonds. The highest BCUT2D eigenvalue weighted by molar-refractivity contribution is 5.98. The monoisotopic (exact) mass is 356 g/mol. The van der Waals surface area contributed by atoms with Crippen molar-refractivity contribution < 1.29 is 19.1 Å². The predicted molar refractivity (Wildman–Crippen MR) is 92.0 cm³/mol. The number of piperidine rings is 1. The molecule has 2 atom stereocenters. The third-order valence-corrected chi connectivity index (χ3v) is 4.71. The van der Waals surface area contributed by atoms with Crippen LogP contribution in [0.15, 0.2) is 30.5 Å². The lowest BCUT2D eigenvalue weighted by Crippen LogP contribution is -2.50. The van der Waals surface area contributed by atoms with Crippen LogP contribution in [0.3, 0.4) is 0 Å². The second-order valence-corrected chi connectivity index (χ2v) is 6.37. The van der Waals surface area contributed by atoms with Gasteiger partial charge in [-0.15, -0.1) is 0 Å². The first-order valence-corrected chi connectivity index (χ1v) is 8.60. The molecule has 0 unspecified atom stereocenters. The summed E-state index contributed by atoms with van der Waals surface area (Å²) < 4.78 is 12.9. The first-order valence-electron chi connectivity index (χ1n) is 8.60. The van der Waals surface area contributed by atoms with Gasteiger partial charge in [-0.3, -0.25) is 14.3 Å². The number of carbonyl (C=O) groups is 2. The molecule has 8 heteroatoms. The summed E-state index contributed by atoms with van der Waals surface area (Å²) in [7, 11) is 1.81. The molecule has 0 saturated carbocycles. The second-order valence-electron chi connectivity index (χ2n) is 6.37. The molecular formula is C18H20N4O4. The van der Waals surface area contributed by atoms with Crippen molar-refractivity contribution in [1.82, 2.24) is 20.4 Å².